The van der Waals surface area contributed by atoms with E-state index in [4.69, 9.17) is 0 Å². The van der Waals surface area contributed by atoms with Gasteiger partial charge in [0.05, 0.1) is 0 Å². The quantitative estimate of drug-likeness (QED) is 0.790. The van der Waals surface area contributed by atoms with Crippen LogP contribution in [-0.4, -0.2) is 18.1 Å². The van der Waals surface area contributed by atoms with E-state index in [-0.39, 0.29) is 0 Å². The van der Waals surface area contributed by atoms with E-state index in [9.17, 15) is 13.2 Å². The van der Waals surface area contributed by atoms with Crippen molar-refractivity contribution >= 4 is 11.9 Å². The number of hydrogen-bond acceptors (Lipinski definition) is 2. The van der Waals surface area contributed by atoms with Gasteiger partial charge in [-0.2, -0.15) is 13.2 Å². The van der Waals surface area contributed by atoms with Gasteiger partial charge in [-0.3, -0.25) is 0 Å². The van der Waals surface area contributed by atoms with Crippen LogP contribution >= 0.6 is 0 Å². The van der Waals surface area contributed by atoms with E-state index in [0.29, 0.717) is 11.4 Å². The predicted molar refractivity (Wildman–Crippen MR) is 60.8 cm³/mol. The molecule has 2 nitrogen and oxygen atoms in total. The van der Waals surface area contributed by atoms with Gasteiger partial charge in [-0.25, -0.2) is 4.98 Å². The number of pyridine rings is 1. The van der Waals surface area contributed by atoms with Gasteiger partial charge in [0, 0.05) is 18.7 Å². The van der Waals surface area contributed by atoms with Crippen molar-refractivity contribution in [3.05, 3.63) is 30.0 Å². The van der Waals surface area contributed by atoms with Crippen molar-refractivity contribution in [1.29, 1.82) is 0 Å². The number of aromatic nitrogens is 1. The van der Waals surface area contributed by atoms with Crippen molar-refractivity contribution in [2.75, 3.05) is 18.0 Å². The standard InChI is InChI=1S/C12H13F3N2/c1-2-9-5-6-10(12(13,14)15)16-11(9)17-7-3-4-8-17/h2,5-6H,1,3-4,7-8H2. The molecule has 0 N–H and O–H groups in total. The van der Waals surface area contributed by atoms with Crippen molar-refractivity contribution in [1.82, 2.24) is 4.98 Å². The number of alkyl halides is 3. The smallest absolute Gasteiger partial charge is 0.356 e. The Bertz CT molecular complexity index is 420. The minimum atomic E-state index is -4.39. The summed E-state index contributed by atoms with van der Waals surface area (Å²) >= 11 is 0. The van der Waals surface area contributed by atoms with Crippen molar-refractivity contribution in [2.24, 2.45) is 0 Å². The molecule has 0 amide bonds. The first-order valence-electron chi connectivity index (χ1n) is 5.48. The van der Waals surface area contributed by atoms with E-state index in [1.807, 2.05) is 4.90 Å². The molecule has 0 unspecified atom stereocenters. The lowest BCUT2D eigenvalue weighted by atomic mass is 10.2. The molecule has 1 aliphatic rings. The van der Waals surface area contributed by atoms with Gasteiger partial charge in [0.2, 0.25) is 0 Å². The Labute approximate surface area is 97.8 Å². The van der Waals surface area contributed by atoms with E-state index in [0.717, 1.165) is 32.0 Å². The SMILES string of the molecule is C=Cc1ccc(C(F)(F)F)nc1N1CCCC1. The number of hydrogen-bond donors (Lipinski definition) is 0. The monoisotopic (exact) mass is 242 g/mol. The summed E-state index contributed by atoms with van der Waals surface area (Å²) < 4.78 is 37.8. The molecule has 1 aliphatic heterocycles. The van der Waals surface area contributed by atoms with Crippen LogP contribution in [0, 0.1) is 0 Å². The molecule has 0 spiro atoms. The zero-order chi connectivity index (χ0) is 12.5. The van der Waals surface area contributed by atoms with Crippen LogP contribution in [0.3, 0.4) is 0 Å². The van der Waals surface area contributed by atoms with Crippen LogP contribution in [0.4, 0.5) is 19.0 Å². The third kappa shape index (κ3) is 2.43. The highest BCUT2D eigenvalue weighted by Crippen LogP contribution is 2.31. The van der Waals surface area contributed by atoms with Crippen LogP contribution in [0.2, 0.25) is 0 Å². The van der Waals surface area contributed by atoms with E-state index in [2.05, 4.69) is 11.6 Å². The molecule has 0 aliphatic carbocycles. The molecule has 1 saturated heterocycles. The molecule has 2 heterocycles. The number of rotatable bonds is 2. The van der Waals surface area contributed by atoms with Crippen LogP contribution in [0.1, 0.15) is 24.1 Å². The van der Waals surface area contributed by atoms with Crippen LogP contribution in [0.15, 0.2) is 18.7 Å². The molecule has 2 rings (SSSR count). The van der Waals surface area contributed by atoms with Crippen LogP contribution in [-0.2, 0) is 6.18 Å². The summed E-state index contributed by atoms with van der Waals surface area (Å²) in [5, 5.41) is 0. The Kier molecular flexibility index (Phi) is 3.09. The van der Waals surface area contributed by atoms with Crippen molar-refractivity contribution in [3.63, 3.8) is 0 Å². The largest absolute Gasteiger partial charge is 0.433 e. The molecule has 0 bridgehead atoms. The highest BCUT2D eigenvalue weighted by molar-refractivity contribution is 5.63. The maximum absolute atomic E-state index is 12.6. The molecule has 92 valence electrons. The van der Waals surface area contributed by atoms with Crippen LogP contribution < -0.4 is 4.90 Å². The summed E-state index contributed by atoms with van der Waals surface area (Å²) in [6, 6.07) is 2.42. The zero-order valence-corrected chi connectivity index (χ0v) is 9.30. The maximum Gasteiger partial charge on any atom is 0.433 e. The minimum absolute atomic E-state index is 0.396. The summed E-state index contributed by atoms with van der Waals surface area (Å²) in [6.45, 7) is 5.13. The average Bonchev–Trinajstić information content (AvgIpc) is 2.80. The second-order valence-electron chi connectivity index (χ2n) is 4.01. The van der Waals surface area contributed by atoms with E-state index >= 15 is 0 Å². The summed E-state index contributed by atoms with van der Waals surface area (Å²) in [7, 11) is 0. The second kappa shape index (κ2) is 4.39. The Balaban J connectivity index is 2.42. The minimum Gasteiger partial charge on any atom is -0.356 e. The second-order valence-corrected chi connectivity index (χ2v) is 4.01. The third-order valence-corrected chi connectivity index (χ3v) is 2.82. The van der Waals surface area contributed by atoms with Gasteiger partial charge in [-0.15, -0.1) is 0 Å². The summed E-state index contributed by atoms with van der Waals surface area (Å²) in [5.41, 5.74) is -0.190. The number of halogens is 3. The lowest BCUT2D eigenvalue weighted by Crippen LogP contribution is -2.22. The molecule has 17 heavy (non-hydrogen) atoms. The molecular weight excluding hydrogens is 229 g/mol. The van der Waals surface area contributed by atoms with Gasteiger partial charge in [0.15, 0.2) is 0 Å². The molecule has 0 saturated carbocycles. The first-order valence-corrected chi connectivity index (χ1v) is 5.48. The van der Waals surface area contributed by atoms with Crippen molar-refractivity contribution in [2.45, 2.75) is 19.0 Å². The first kappa shape index (κ1) is 12.0. The molecular formula is C12H13F3N2. The van der Waals surface area contributed by atoms with Crippen LogP contribution in [0.25, 0.3) is 6.08 Å². The van der Waals surface area contributed by atoms with Gasteiger partial charge in [-0.05, 0) is 25.0 Å². The topological polar surface area (TPSA) is 16.1 Å². The van der Waals surface area contributed by atoms with E-state index in [1.54, 1.807) is 6.08 Å². The average molecular weight is 242 g/mol. The number of anilines is 1. The maximum atomic E-state index is 12.6. The Morgan fingerprint density at radius 1 is 1.24 bits per heavy atom. The molecule has 0 radical (unpaired) electrons. The van der Waals surface area contributed by atoms with E-state index in [1.165, 1.54) is 6.07 Å². The molecule has 1 aromatic rings. The fourth-order valence-electron chi connectivity index (χ4n) is 1.96. The zero-order valence-electron chi connectivity index (χ0n) is 9.30. The van der Waals surface area contributed by atoms with Gasteiger partial charge >= 0.3 is 6.18 Å². The molecule has 1 aromatic heterocycles. The van der Waals surface area contributed by atoms with Gasteiger partial charge in [-0.1, -0.05) is 12.7 Å². The fraction of sp³-hybridized carbons (Fsp3) is 0.417. The normalized spacial score (nSPS) is 16.3. The van der Waals surface area contributed by atoms with Gasteiger partial charge in [0.1, 0.15) is 11.5 Å². The third-order valence-electron chi connectivity index (χ3n) is 2.82. The number of nitrogens with zero attached hydrogens (tertiary/aromatic N) is 2. The van der Waals surface area contributed by atoms with Crippen LogP contribution in [0.5, 0.6) is 0 Å². The van der Waals surface area contributed by atoms with Crippen molar-refractivity contribution < 1.29 is 13.2 Å². The first-order chi connectivity index (χ1) is 8.02. The summed E-state index contributed by atoms with van der Waals surface area (Å²) in [5.74, 6) is 0.396. The Hall–Kier alpha value is -1.52. The molecule has 0 aromatic carbocycles. The fourth-order valence-corrected chi connectivity index (χ4v) is 1.96. The highest BCUT2D eigenvalue weighted by atomic mass is 19.4. The molecule has 5 heteroatoms. The molecule has 1 fully saturated rings. The van der Waals surface area contributed by atoms with Gasteiger partial charge in [0.25, 0.3) is 0 Å². The van der Waals surface area contributed by atoms with Crippen molar-refractivity contribution in [3.8, 4) is 0 Å². The lowest BCUT2D eigenvalue weighted by molar-refractivity contribution is -0.141. The highest BCUT2D eigenvalue weighted by Gasteiger charge is 2.33. The molecule has 0 atom stereocenters. The predicted octanol–water partition coefficient (Wildman–Crippen LogP) is 3.34. The van der Waals surface area contributed by atoms with Gasteiger partial charge < -0.3 is 4.90 Å². The summed E-state index contributed by atoms with van der Waals surface area (Å²) in [4.78, 5) is 5.61. The van der Waals surface area contributed by atoms with E-state index < -0.39 is 11.9 Å². The Morgan fingerprint density at radius 2 is 1.88 bits per heavy atom. The summed E-state index contributed by atoms with van der Waals surface area (Å²) in [6.07, 6.45) is -0.863. The Morgan fingerprint density at radius 3 is 2.41 bits per heavy atom. The lowest BCUT2D eigenvalue weighted by Gasteiger charge is -2.20.